The Bertz CT molecular complexity index is 768. The van der Waals surface area contributed by atoms with Gasteiger partial charge in [-0.1, -0.05) is 0 Å². The number of morpholine rings is 1. The minimum absolute atomic E-state index is 0.198. The molecule has 0 unspecified atom stereocenters. The quantitative estimate of drug-likeness (QED) is 0.593. The second-order valence-corrected chi connectivity index (χ2v) is 6.41. The molecular weight excluding hydrogens is 346 g/mol. The van der Waals surface area contributed by atoms with Crippen LogP contribution in [0.1, 0.15) is 27.1 Å². The third-order valence-corrected chi connectivity index (χ3v) is 4.54. The molecule has 2 heterocycles. The Morgan fingerprint density at radius 1 is 1.11 bits per heavy atom. The number of hydrogen-bond acceptors (Lipinski definition) is 5. The monoisotopic (exact) mass is 371 g/mol. The Morgan fingerprint density at radius 2 is 1.81 bits per heavy atom. The molecule has 27 heavy (non-hydrogen) atoms. The highest BCUT2D eigenvalue weighted by molar-refractivity contribution is 5.98. The van der Waals surface area contributed by atoms with Gasteiger partial charge in [-0.05, 0) is 43.3 Å². The van der Waals surface area contributed by atoms with Crippen LogP contribution in [0.4, 0.5) is 0 Å². The van der Waals surface area contributed by atoms with Crippen molar-refractivity contribution in [2.45, 2.75) is 6.42 Å². The highest BCUT2D eigenvalue weighted by atomic mass is 16.5. The first-order chi connectivity index (χ1) is 13.2. The maximum absolute atomic E-state index is 12.6. The SMILES string of the molecule is COC(=O)c1cc(C(=O)NCCCN2CCOCC2)cc(-n2cccc2)c1. The first kappa shape index (κ1) is 19.1. The molecule has 0 radical (unpaired) electrons. The molecule has 1 amide bonds. The molecule has 144 valence electrons. The molecule has 2 aromatic rings. The number of nitrogens with zero attached hydrogens (tertiary/aromatic N) is 2. The van der Waals surface area contributed by atoms with Crippen LogP contribution in [-0.4, -0.2) is 67.8 Å². The van der Waals surface area contributed by atoms with Gasteiger partial charge in [-0.25, -0.2) is 4.79 Å². The Labute approximate surface area is 158 Å². The van der Waals surface area contributed by atoms with Crippen molar-refractivity contribution in [2.75, 3.05) is 46.5 Å². The predicted molar refractivity (Wildman–Crippen MR) is 101 cm³/mol. The van der Waals surface area contributed by atoms with E-state index < -0.39 is 5.97 Å². The van der Waals surface area contributed by atoms with E-state index >= 15 is 0 Å². The molecule has 1 aliphatic heterocycles. The van der Waals surface area contributed by atoms with Gasteiger partial charge in [0, 0.05) is 43.3 Å². The summed E-state index contributed by atoms with van der Waals surface area (Å²) in [6.07, 6.45) is 4.59. The number of hydrogen-bond donors (Lipinski definition) is 1. The molecule has 1 aromatic heterocycles. The van der Waals surface area contributed by atoms with Crippen LogP contribution in [0.2, 0.25) is 0 Å². The Kier molecular flexibility index (Phi) is 6.62. The molecule has 0 spiro atoms. The lowest BCUT2D eigenvalue weighted by Crippen LogP contribution is -2.38. The molecule has 7 heteroatoms. The van der Waals surface area contributed by atoms with Crippen LogP contribution in [0, 0.1) is 0 Å². The van der Waals surface area contributed by atoms with Crippen molar-refractivity contribution < 1.29 is 19.1 Å². The first-order valence-corrected chi connectivity index (χ1v) is 9.12. The second-order valence-electron chi connectivity index (χ2n) is 6.41. The average Bonchev–Trinajstić information content (AvgIpc) is 3.26. The summed E-state index contributed by atoms with van der Waals surface area (Å²) in [5, 5.41) is 2.94. The lowest BCUT2D eigenvalue weighted by molar-refractivity contribution is 0.0374. The minimum Gasteiger partial charge on any atom is -0.465 e. The van der Waals surface area contributed by atoms with E-state index in [2.05, 4.69) is 10.2 Å². The molecule has 0 saturated carbocycles. The number of carbonyl (C=O) groups is 2. The zero-order valence-corrected chi connectivity index (χ0v) is 15.5. The van der Waals surface area contributed by atoms with Crippen LogP contribution in [0.3, 0.4) is 0 Å². The van der Waals surface area contributed by atoms with E-state index in [-0.39, 0.29) is 5.91 Å². The second kappa shape index (κ2) is 9.34. The van der Waals surface area contributed by atoms with Crippen LogP contribution in [0.15, 0.2) is 42.7 Å². The number of methoxy groups -OCH3 is 1. The van der Waals surface area contributed by atoms with Crippen LogP contribution in [-0.2, 0) is 9.47 Å². The van der Waals surface area contributed by atoms with Gasteiger partial charge in [0.1, 0.15) is 0 Å². The van der Waals surface area contributed by atoms with Gasteiger partial charge >= 0.3 is 5.97 Å². The third kappa shape index (κ3) is 5.18. The van der Waals surface area contributed by atoms with Gasteiger partial charge < -0.3 is 19.4 Å². The van der Waals surface area contributed by atoms with Gasteiger partial charge in [0.05, 0.1) is 25.9 Å². The summed E-state index contributed by atoms with van der Waals surface area (Å²) in [7, 11) is 1.33. The molecule has 1 aliphatic rings. The van der Waals surface area contributed by atoms with E-state index in [1.165, 1.54) is 7.11 Å². The minimum atomic E-state index is -0.467. The standard InChI is InChI=1S/C20H25N3O4/c1-26-20(25)17-13-16(14-18(15-17)23-7-2-3-8-23)19(24)21-5-4-6-22-9-11-27-12-10-22/h2-3,7-8,13-15H,4-6,9-12H2,1H3,(H,21,24). The Balaban J connectivity index is 1.64. The molecule has 1 saturated heterocycles. The van der Waals surface area contributed by atoms with Gasteiger partial charge in [0.2, 0.25) is 0 Å². The first-order valence-electron chi connectivity index (χ1n) is 9.12. The van der Waals surface area contributed by atoms with Crippen molar-refractivity contribution in [3.8, 4) is 5.69 Å². The van der Waals surface area contributed by atoms with Gasteiger partial charge in [-0.15, -0.1) is 0 Å². The molecule has 1 aromatic carbocycles. The summed E-state index contributed by atoms with van der Waals surface area (Å²) in [5.41, 5.74) is 1.52. The fraction of sp³-hybridized carbons (Fsp3) is 0.400. The fourth-order valence-electron chi connectivity index (χ4n) is 3.07. The Hall–Kier alpha value is -2.64. The number of ether oxygens (including phenoxy) is 2. The van der Waals surface area contributed by atoms with Crippen molar-refractivity contribution in [1.29, 1.82) is 0 Å². The van der Waals surface area contributed by atoms with Gasteiger partial charge in [-0.2, -0.15) is 0 Å². The van der Waals surface area contributed by atoms with Crippen molar-refractivity contribution in [1.82, 2.24) is 14.8 Å². The highest BCUT2D eigenvalue weighted by Gasteiger charge is 2.14. The Morgan fingerprint density at radius 3 is 2.52 bits per heavy atom. The number of nitrogens with one attached hydrogen (secondary N) is 1. The maximum atomic E-state index is 12.6. The highest BCUT2D eigenvalue weighted by Crippen LogP contribution is 2.16. The normalized spacial score (nSPS) is 14.7. The smallest absolute Gasteiger partial charge is 0.337 e. The number of esters is 1. The van der Waals surface area contributed by atoms with Gasteiger partial charge in [-0.3, -0.25) is 9.69 Å². The van der Waals surface area contributed by atoms with Crippen LogP contribution in [0.5, 0.6) is 0 Å². The lowest BCUT2D eigenvalue weighted by atomic mass is 10.1. The third-order valence-electron chi connectivity index (χ3n) is 4.54. The molecule has 0 bridgehead atoms. The van der Waals surface area contributed by atoms with E-state index in [1.54, 1.807) is 18.2 Å². The van der Waals surface area contributed by atoms with Crippen molar-refractivity contribution in [3.05, 3.63) is 53.9 Å². The average molecular weight is 371 g/mol. The van der Waals surface area contributed by atoms with E-state index in [4.69, 9.17) is 9.47 Å². The van der Waals surface area contributed by atoms with Crippen LogP contribution >= 0.6 is 0 Å². The predicted octanol–water partition coefficient (Wildman–Crippen LogP) is 1.72. The van der Waals surface area contributed by atoms with Crippen molar-refractivity contribution in [3.63, 3.8) is 0 Å². The summed E-state index contributed by atoms with van der Waals surface area (Å²) >= 11 is 0. The van der Waals surface area contributed by atoms with E-state index in [1.807, 2.05) is 29.1 Å². The molecule has 1 fully saturated rings. The van der Waals surface area contributed by atoms with Crippen molar-refractivity contribution in [2.24, 2.45) is 0 Å². The molecule has 1 N–H and O–H groups in total. The zero-order valence-electron chi connectivity index (χ0n) is 15.5. The van der Waals surface area contributed by atoms with E-state index in [0.29, 0.717) is 17.7 Å². The van der Waals surface area contributed by atoms with Crippen molar-refractivity contribution >= 4 is 11.9 Å². The zero-order chi connectivity index (χ0) is 19.1. The van der Waals surface area contributed by atoms with Gasteiger partial charge in [0.25, 0.3) is 5.91 Å². The molecule has 7 nitrogen and oxygen atoms in total. The summed E-state index contributed by atoms with van der Waals surface area (Å²) in [6.45, 7) is 4.94. The summed E-state index contributed by atoms with van der Waals surface area (Å²) in [4.78, 5) is 26.9. The lowest BCUT2D eigenvalue weighted by Gasteiger charge is -2.26. The van der Waals surface area contributed by atoms with Gasteiger partial charge in [0.15, 0.2) is 0 Å². The summed E-state index contributed by atoms with van der Waals surface area (Å²) in [6, 6.07) is 8.81. The number of carbonyl (C=O) groups excluding carboxylic acids is 2. The number of amides is 1. The van der Waals surface area contributed by atoms with Crippen LogP contribution < -0.4 is 5.32 Å². The maximum Gasteiger partial charge on any atom is 0.337 e. The number of benzene rings is 1. The molecule has 0 aliphatic carbocycles. The largest absolute Gasteiger partial charge is 0.465 e. The molecule has 0 atom stereocenters. The van der Waals surface area contributed by atoms with E-state index in [0.717, 1.165) is 45.0 Å². The number of rotatable bonds is 7. The molecule has 3 rings (SSSR count). The molecular formula is C20H25N3O4. The topological polar surface area (TPSA) is 72.8 Å². The summed E-state index contributed by atoms with van der Waals surface area (Å²) in [5.74, 6) is -0.665. The number of aromatic nitrogens is 1. The van der Waals surface area contributed by atoms with Crippen LogP contribution in [0.25, 0.3) is 5.69 Å². The fourth-order valence-corrected chi connectivity index (χ4v) is 3.07. The van der Waals surface area contributed by atoms with E-state index in [9.17, 15) is 9.59 Å². The summed E-state index contributed by atoms with van der Waals surface area (Å²) < 4.78 is 12.0.